The molecule has 0 amide bonds. The number of rotatable bonds is 4. The number of aromatic carboxylic acids is 1. The van der Waals surface area contributed by atoms with Gasteiger partial charge >= 0.3 is 5.97 Å². The fourth-order valence-corrected chi connectivity index (χ4v) is 2.11. The van der Waals surface area contributed by atoms with Gasteiger partial charge in [-0.1, -0.05) is 0 Å². The van der Waals surface area contributed by atoms with E-state index >= 15 is 0 Å². The maximum Gasteiger partial charge on any atom is 0.356 e. The minimum absolute atomic E-state index is 0.0106. The Morgan fingerprint density at radius 3 is 3.15 bits per heavy atom. The van der Waals surface area contributed by atoms with Crippen molar-refractivity contribution in [3.63, 3.8) is 0 Å². The minimum atomic E-state index is -1.06. The Hall–Kier alpha value is -2.42. The Balaban J connectivity index is 1.81. The molecule has 3 rings (SSSR count). The second-order valence-corrected chi connectivity index (χ2v) is 4.85. The summed E-state index contributed by atoms with van der Waals surface area (Å²) in [5.41, 5.74) is 1.35. The molecular formula is C11H9BrN6O2. The first kappa shape index (κ1) is 12.6. The van der Waals surface area contributed by atoms with Crippen LogP contribution in [0.1, 0.15) is 16.2 Å². The zero-order valence-corrected chi connectivity index (χ0v) is 11.6. The van der Waals surface area contributed by atoms with Crippen LogP contribution in [0.3, 0.4) is 0 Å². The molecule has 0 saturated carbocycles. The highest BCUT2D eigenvalue weighted by molar-refractivity contribution is 9.10. The molecule has 0 saturated heterocycles. The number of carboxylic acid groups (broad SMARTS) is 1. The van der Waals surface area contributed by atoms with Gasteiger partial charge in [0.1, 0.15) is 5.82 Å². The first-order valence-electron chi connectivity index (χ1n) is 5.65. The van der Waals surface area contributed by atoms with Gasteiger partial charge < -0.3 is 10.4 Å². The Labute approximate surface area is 121 Å². The minimum Gasteiger partial charge on any atom is -0.476 e. The van der Waals surface area contributed by atoms with Crippen molar-refractivity contribution in [3.05, 3.63) is 40.4 Å². The third-order valence-corrected chi connectivity index (χ3v) is 3.23. The van der Waals surface area contributed by atoms with Gasteiger partial charge in [0.25, 0.3) is 0 Å². The Kier molecular flexibility index (Phi) is 3.11. The lowest BCUT2D eigenvalue weighted by molar-refractivity contribution is 0.0690. The Morgan fingerprint density at radius 1 is 1.55 bits per heavy atom. The molecule has 0 bridgehead atoms. The predicted molar refractivity (Wildman–Crippen MR) is 73.6 cm³/mol. The highest BCUT2D eigenvalue weighted by Crippen LogP contribution is 2.18. The van der Waals surface area contributed by atoms with Crippen molar-refractivity contribution in [2.75, 3.05) is 5.32 Å². The number of anilines is 1. The third kappa shape index (κ3) is 2.23. The van der Waals surface area contributed by atoms with E-state index < -0.39 is 5.97 Å². The fraction of sp³-hybridized carbons (Fsp3) is 0.0909. The van der Waals surface area contributed by atoms with Gasteiger partial charge in [0.2, 0.25) is 0 Å². The molecule has 9 heteroatoms. The van der Waals surface area contributed by atoms with Crippen LogP contribution in [-0.4, -0.2) is 35.9 Å². The van der Waals surface area contributed by atoms with E-state index in [0.717, 1.165) is 10.3 Å². The lowest BCUT2D eigenvalue weighted by Crippen LogP contribution is -2.05. The largest absolute Gasteiger partial charge is 0.476 e. The molecule has 0 atom stereocenters. The molecule has 0 spiro atoms. The maximum atomic E-state index is 10.7. The summed E-state index contributed by atoms with van der Waals surface area (Å²) in [6.45, 7) is 0.400. The van der Waals surface area contributed by atoms with Crippen LogP contribution in [0.4, 0.5) is 5.82 Å². The zero-order valence-electron chi connectivity index (χ0n) is 10.0. The lowest BCUT2D eigenvalue weighted by atomic mass is 10.3. The molecule has 3 heterocycles. The third-order valence-electron chi connectivity index (χ3n) is 2.67. The van der Waals surface area contributed by atoms with E-state index in [1.54, 1.807) is 23.0 Å². The predicted octanol–water partition coefficient (Wildman–Crippen LogP) is 1.53. The highest BCUT2D eigenvalue weighted by atomic mass is 79.9. The first-order valence-corrected chi connectivity index (χ1v) is 6.44. The molecule has 102 valence electrons. The molecule has 3 aromatic heterocycles. The number of halogens is 1. The lowest BCUT2D eigenvalue weighted by Gasteiger charge is -2.06. The van der Waals surface area contributed by atoms with E-state index in [1.165, 1.54) is 6.07 Å². The number of carbonyl (C=O) groups is 1. The number of aromatic nitrogens is 5. The van der Waals surface area contributed by atoms with Crippen molar-refractivity contribution < 1.29 is 9.90 Å². The topological polar surface area (TPSA) is 108 Å². The van der Waals surface area contributed by atoms with Gasteiger partial charge in [-0.05, 0) is 28.1 Å². The summed E-state index contributed by atoms with van der Waals surface area (Å²) in [5.74, 6) is -0.318. The van der Waals surface area contributed by atoms with Crippen molar-refractivity contribution in [1.82, 2.24) is 24.8 Å². The molecule has 3 aromatic rings. The molecule has 0 fully saturated rings. The standard InChI is InChI=1S/C11H9BrN6O2/c12-7-5-15-18-9(1-2-13-10(7)18)14-4-6-3-8(11(19)20)17-16-6/h1-3,5,14H,4H2,(H,16,17)(H,19,20). The van der Waals surface area contributed by atoms with Crippen molar-refractivity contribution in [3.8, 4) is 0 Å². The van der Waals surface area contributed by atoms with Crippen LogP contribution in [-0.2, 0) is 6.54 Å². The highest BCUT2D eigenvalue weighted by Gasteiger charge is 2.09. The first-order chi connectivity index (χ1) is 9.65. The van der Waals surface area contributed by atoms with E-state index in [0.29, 0.717) is 17.9 Å². The van der Waals surface area contributed by atoms with E-state index in [1.807, 2.05) is 0 Å². The normalized spacial score (nSPS) is 10.8. The fourth-order valence-electron chi connectivity index (χ4n) is 1.75. The van der Waals surface area contributed by atoms with Crippen LogP contribution in [0, 0.1) is 0 Å². The maximum absolute atomic E-state index is 10.7. The molecule has 3 N–H and O–H groups in total. The molecular weight excluding hydrogens is 328 g/mol. The number of carboxylic acids is 1. The molecule has 0 radical (unpaired) electrons. The zero-order chi connectivity index (χ0) is 14.1. The summed E-state index contributed by atoms with van der Waals surface area (Å²) in [4.78, 5) is 14.9. The second-order valence-electron chi connectivity index (χ2n) is 4.00. The van der Waals surface area contributed by atoms with Gasteiger partial charge in [-0.15, -0.1) is 0 Å². The van der Waals surface area contributed by atoms with Crippen LogP contribution in [0.2, 0.25) is 0 Å². The van der Waals surface area contributed by atoms with Gasteiger partial charge in [-0.3, -0.25) is 5.10 Å². The summed E-state index contributed by atoms with van der Waals surface area (Å²) in [6, 6.07) is 3.26. The number of hydrogen-bond donors (Lipinski definition) is 3. The van der Waals surface area contributed by atoms with Crippen molar-refractivity contribution in [1.29, 1.82) is 0 Å². The van der Waals surface area contributed by atoms with Crippen LogP contribution >= 0.6 is 15.9 Å². The Morgan fingerprint density at radius 2 is 2.40 bits per heavy atom. The van der Waals surface area contributed by atoms with Crippen LogP contribution in [0.5, 0.6) is 0 Å². The van der Waals surface area contributed by atoms with E-state index in [-0.39, 0.29) is 5.69 Å². The average Bonchev–Trinajstić information content (AvgIpc) is 3.04. The molecule has 0 aliphatic rings. The van der Waals surface area contributed by atoms with E-state index in [4.69, 9.17) is 5.11 Å². The molecule has 0 aliphatic carbocycles. The number of fused-ring (bicyclic) bond motifs is 1. The van der Waals surface area contributed by atoms with Gasteiger partial charge in [0.15, 0.2) is 11.3 Å². The number of nitrogens with zero attached hydrogens (tertiary/aromatic N) is 4. The molecule has 8 nitrogen and oxygen atoms in total. The van der Waals surface area contributed by atoms with Gasteiger partial charge in [-0.25, -0.2) is 9.78 Å². The summed E-state index contributed by atoms with van der Waals surface area (Å²) >= 11 is 3.36. The second kappa shape index (κ2) is 4.93. The molecule has 20 heavy (non-hydrogen) atoms. The number of H-pyrrole nitrogens is 1. The smallest absolute Gasteiger partial charge is 0.356 e. The SMILES string of the molecule is O=C(O)c1cc(CNc2ccnc3c(Br)cnn23)[nH]n1. The summed E-state index contributed by atoms with van der Waals surface area (Å²) in [5, 5.41) is 22.5. The van der Waals surface area contributed by atoms with Gasteiger partial charge in [0.05, 0.1) is 22.9 Å². The molecule has 0 aromatic carbocycles. The quantitative estimate of drug-likeness (QED) is 0.666. The molecule has 0 unspecified atom stereocenters. The molecule has 0 aliphatic heterocycles. The van der Waals surface area contributed by atoms with E-state index in [2.05, 4.69) is 41.5 Å². The number of aromatic amines is 1. The summed E-state index contributed by atoms with van der Waals surface area (Å²) < 4.78 is 2.45. The van der Waals surface area contributed by atoms with Crippen LogP contribution in [0.15, 0.2) is 29.0 Å². The summed E-state index contributed by atoms with van der Waals surface area (Å²) in [6.07, 6.45) is 3.33. The monoisotopic (exact) mass is 336 g/mol. The van der Waals surface area contributed by atoms with Crippen molar-refractivity contribution in [2.45, 2.75) is 6.54 Å². The van der Waals surface area contributed by atoms with E-state index in [9.17, 15) is 4.79 Å². The Bertz CT molecular complexity index is 780. The van der Waals surface area contributed by atoms with Crippen LogP contribution in [0.25, 0.3) is 5.65 Å². The number of hydrogen-bond acceptors (Lipinski definition) is 5. The van der Waals surface area contributed by atoms with Crippen molar-refractivity contribution in [2.24, 2.45) is 0 Å². The van der Waals surface area contributed by atoms with Crippen LogP contribution < -0.4 is 5.32 Å². The van der Waals surface area contributed by atoms with Gasteiger partial charge in [-0.2, -0.15) is 14.7 Å². The average molecular weight is 337 g/mol. The summed E-state index contributed by atoms with van der Waals surface area (Å²) in [7, 11) is 0. The number of nitrogens with one attached hydrogen (secondary N) is 2. The van der Waals surface area contributed by atoms with Gasteiger partial charge in [0, 0.05) is 6.20 Å². The van der Waals surface area contributed by atoms with Crippen molar-refractivity contribution >= 4 is 33.4 Å².